The zero-order chi connectivity index (χ0) is 13.3. The topological polar surface area (TPSA) is 111 Å². The number of carbonyl (C=O) groups is 1. The summed E-state index contributed by atoms with van der Waals surface area (Å²) < 4.78 is 0. The van der Waals surface area contributed by atoms with Crippen molar-refractivity contribution >= 4 is 17.4 Å². The molecule has 1 saturated carbocycles. The van der Waals surface area contributed by atoms with Crippen LogP contribution in [0.2, 0.25) is 0 Å². The zero-order valence-corrected chi connectivity index (χ0v) is 9.97. The highest BCUT2D eigenvalue weighted by atomic mass is 16.6. The van der Waals surface area contributed by atoms with Crippen molar-refractivity contribution in [3.8, 4) is 0 Å². The number of rotatable bonds is 3. The monoisotopic (exact) mass is 250 g/mol. The molecule has 0 aliphatic heterocycles. The number of anilines is 1. The van der Waals surface area contributed by atoms with Crippen LogP contribution in [0.1, 0.15) is 36.5 Å². The van der Waals surface area contributed by atoms with Crippen LogP contribution in [-0.2, 0) is 0 Å². The second-order valence-electron chi connectivity index (χ2n) is 4.75. The standard InChI is InChI=1S/C11H14N4O3/c1-11(3-2-4-11)14-10(16)7-5-9(12)13-6-8(7)15(17)18/h5-6H,2-4H2,1H3,(H2,12,13)(H,14,16). The highest BCUT2D eigenvalue weighted by Gasteiger charge is 2.35. The average Bonchev–Trinajstić information content (AvgIpc) is 2.26. The number of nitrogens with zero attached hydrogens (tertiary/aromatic N) is 2. The molecular formula is C11H14N4O3. The average molecular weight is 250 g/mol. The molecule has 7 nitrogen and oxygen atoms in total. The number of aromatic nitrogens is 1. The zero-order valence-electron chi connectivity index (χ0n) is 9.97. The first-order chi connectivity index (χ1) is 8.41. The van der Waals surface area contributed by atoms with E-state index >= 15 is 0 Å². The quantitative estimate of drug-likeness (QED) is 0.619. The number of nitrogen functional groups attached to an aromatic ring is 1. The van der Waals surface area contributed by atoms with Gasteiger partial charge in [0.15, 0.2) is 0 Å². The first-order valence-electron chi connectivity index (χ1n) is 5.64. The number of nitrogens with one attached hydrogen (secondary N) is 1. The van der Waals surface area contributed by atoms with E-state index in [1.54, 1.807) is 0 Å². The van der Waals surface area contributed by atoms with Crippen LogP contribution in [0, 0.1) is 10.1 Å². The van der Waals surface area contributed by atoms with Crippen LogP contribution in [0.3, 0.4) is 0 Å². The molecule has 1 aromatic rings. The molecule has 7 heteroatoms. The van der Waals surface area contributed by atoms with E-state index in [4.69, 9.17) is 5.73 Å². The molecule has 1 amide bonds. The summed E-state index contributed by atoms with van der Waals surface area (Å²) in [5, 5.41) is 13.6. The number of amides is 1. The van der Waals surface area contributed by atoms with E-state index < -0.39 is 10.8 Å². The third-order valence-electron chi connectivity index (χ3n) is 3.22. The number of hydrogen-bond acceptors (Lipinski definition) is 5. The molecule has 96 valence electrons. The second kappa shape index (κ2) is 4.25. The number of pyridine rings is 1. The van der Waals surface area contributed by atoms with E-state index in [1.807, 2.05) is 6.92 Å². The molecule has 0 aromatic carbocycles. The lowest BCUT2D eigenvalue weighted by molar-refractivity contribution is -0.385. The third kappa shape index (κ3) is 2.24. The molecular weight excluding hydrogens is 236 g/mol. The van der Waals surface area contributed by atoms with Gasteiger partial charge < -0.3 is 11.1 Å². The molecule has 18 heavy (non-hydrogen) atoms. The minimum absolute atomic E-state index is 0.0411. The Labute approximate surface area is 104 Å². The first-order valence-corrected chi connectivity index (χ1v) is 5.64. The first kappa shape index (κ1) is 12.3. The summed E-state index contributed by atoms with van der Waals surface area (Å²) >= 11 is 0. The molecule has 0 atom stereocenters. The summed E-state index contributed by atoms with van der Waals surface area (Å²) in [6, 6.07) is 1.23. The van der Waals surface area contributed by atoms with Crippen molar-refractivity contribution in [1.82, 2.24) is 10.3 Å². The SMILES string of the molecule is CC1(NC(=O)c2cc(N)ncc2[N+](=O)[O-])CCC1. The van der Waals surface area contributed by atoms with Gasteiger partial charge in [-0.15, -0.1) is 0 Å². The maximum atomic E-state index is 12.0. The van der Waals surface area contributed by atoms with Crippen LogP contribution < -0.4 is 11.1 Å². The summed E-state index contributed by atoms with van der Waals surface area (Å²) in [7, 11) is 0. The van der Waals surface area contributed by atoms with Gasteiger partial charge in [-0.1, -0.05) is 0 Å². The largest absolute Gasteiger partial charge is 0.384 e. The van der Waals surface area contributed by atoms with E-state index in [-0.39, 0.29) is 22.6 Å². The minimum atomic E-state index is -0.634. The van der Waals surface area contributed by atoms with Gasteiger partial charge >= 0.3 is 0 Å². The summed E-state index contributed by atoms with van der Waals surface area (Å²) in [5.74, 6) is -0.387. The van der Waals surface area contributed by atoms with Gasteiger partial charge in [0.2, 0.25) is 0 Å². The van der Waals surface area contributed by atoms with Crippen molar-refractivity contribution < 1.29 is 9.72 Å². The molecule has 0 bridgehead atoms. The Hall–Kier alpha value is -2.18. The van der Waals surface area contributed by atoms with Crippen molar-refractivity contribution in [1.29, 1.82) is 0 Å². The van der Waals surface area contributed by atoms with E-state index in [2.05, 4.69) is 10.3 Å². The Bertz CT molecular complexity index is 511. The predicted octanol–water partition coefficient (Wildman–Crippen LogP) is 1.24. The molecule has 0 radical (unpaired) electrons. The Balaban J connectivity index is 2.28. The minimum Gasteiger partial charge on any atom is -0.384 e. The van der Waals surface area contributed by atoms with Gasteiger partial charge in [0.25, 0.3) is 11.6 Å². The van der Waals surface area contributed by atoms with Gasteiger partial charge in [0.1, 0.15) is 17.6 Å². The van der Waals surface area contributed by atoms with Crippen molar-refractivity contribution in [2.45, 2.75) is 31.7 Å². The summed E-state index contributed by atoms with van der Waals surface area (Å²) in [5.41, 5.74) is 4.83. The van der Waals surface area contributed by atoms with Crippen LogP contribution in [0.4, 0.5) is 11.5 Å². The second-order valence-corrected chi connectivity index (χ2v) is 4.75. The van der Waals surface area contributed by atoms with Crippen LogP contribution in [-0.4, -0.2) is 21.4 Å². The smallest absolute Gasteiger partial charge is 0.300 e. The Morgan fingerprint density at radius 1 is 1.61 bits per heavy atom. The van der Waals surface area contributed by atoms with Crippen molar-refractivity contribution in [2.24, 2.45) is 0 Å². The van der Waals surface area contributed by atoms with Crippen molar-refractivity contribution in [2.75, 3.05) is 5.73 Å². The molecule has 0 spiro atoms. The molecule has 2 rings (SSSR count). The summed E-state index contributed by atoms with van der Waals surface area (Å²) in [6.45, 7) is 1.92. The summed E-state index contributed by atoms with van der Waals surface area (Å²) in [6.07, 6.45) is 3.82. The molecule has 1 aliphatic carbocycles. The van der Waals surface area contributed by atoms with Crippen molar-refractivity contribution in [3.05, 3.63) is 27.9 Å². The fourth-order valence-corrected chi connectivity index (χ4v) is 1.97. The van der Waals surface area contributed by atoms with Crippen LogP contribution in [0.5, 0.6) is 0 Å². The Morgan fingerprint density at radius 3 is 2.78 bits per heavy atom. The fraction of sp³-hybridized carbons (Fsp3) is 0.455. The Kier molecular flexibility index (Phi) is 2.90. The lowest BCUT2D eigenvalue weighted by atomic mass is 9.78. The van der Waals surface area contributed by atoms with Crippen molar-refractivity contribution in [3.63, 3.8) is 0 Å². The van der Waals surface area contributed by atoms with E-state index in [9.17, 15) is 14.9 Å². The van der Waals surface area contributed by atoms with Crippen LogP contribution in [0.15, 0.2) is 12.3 Å². The van der Waals surface area contributed by atoms with E-state index in [0.717, 1.165) is 25.5 Å². The molecule has 1 heterocycles. The molecule has 1 aliphatic rings. The van der Waals surface area contributed by atoms with Crippen LogP contribution >= 0.6 is 0 Å². The fourth-order valence-electron chi connectivity index (χ4n) is 1.97. The van der Waals surface area contributed by atoms with E-state index in [1.165, 1.54) is 6.07 Å². The lowest BCUT2D eigenvalue weighted by Gasteiger charge is -2.39. The lowest BCUT2D eigenvalue weighted by Crippen LogP contribution is -2.51. The molecule has 3 N–H and O–H groups in total. The number of nitro groups is 1. The van der Waals surface area contributed by atoms with Gasteiger partial charge in [-0.3, -0.25) is 14.9 Å². The molecule has 1 fully saturated rings. The molecule has 0 saturated heterocycles. The predicted molar refractivity (Wildman–Crippen MR) is 65.0 cm³/mol. The number of carbonyl (C=O) groups excluding carboxylic acids is 1. The van der Waals surface area contributed by atoms with Crippen LogP contribution in [0.25, 0.3) is 0 Å². The summed E-state index contributed by atoms with van der Waals surface area (Å²) in [4.78, 5) is 25.9. The number of nitrogens with two attached hydrogens (primary N) is 1. The van der Waals surface area contributed by atoms with Gasteiger partial charge in [-0.25, -0.2) is 4.98 Å². The maximum absolute atomic E-state index is 12.0. The van der Waals surface area contributed by atoms with Gasteiger partial charge in [-0.2, -0.15) is 0 Å². The van der Waals surface area contributed by atoms with Gasteiger partial charge in [0, 0.05) is 5.54 Å². The van der Waals surface area contributed by atoms with E-state index in [0.29, 0.717) is 0 Å². The van der Waals surface area contributed by atoms with Gasteiger partial charge in [-0.05, 0) is 32.3 Å². The highest BCUT2D eigenvalue weighted by molar-refractivity contribution is 5.99. The maximum Gasteiger partial charge on any atom is 0.300 e. The normalized spacial score (nSPS) is 16.7. The Morgan fingerprint density at radius 2 is 2.28 bits per heavy atom. The van der Waals surface area contributed by atoms with Gasteiger partial charge in [0.05, 0.1) is 4.92 Å². The molecule has 0 unspecified atom stereocenters. The third-order valence-corrected chi connectivity index (χ3v) is 3.22. The highest BCUT2D eigenvalue weighted by Crippen LogP contribution is 2.31. The number of hydrogen-bond donors (Lipinski definition) is 2. The molecule has 1 aromatic heterocycles.